The minimum atomic E-state index is 0.0548. The van der Waals surface area contributed by atoms with Gasteiger partial charge in [0.25, 0.3) is 5.91 Å². The van der Waals surface area contributed by atoms with Crippen molar-refractivity contribution < 1.29 is 4.79 Å². The van der Waals surface area contributed by atoms with E-state index in [0.717, 1.165) is 23.7 Å². The van der Waals surface area contributed by atoms with Gasteiger partial charge in [0.05, 0.1) is 10.5 Å². The molecule has 0 unspecified atom stereocenters. The number of hydrogen-bond acceptors (Lipinski definition) is 1. The van der Waals surface area contributed by atoms with Gasteiger partial charge in [-0.15, -0.1) is 0 Å². The zero-order valence-corrected chi connectivity index (χ0v) is 11.7. The summed E-state index contributed by atoms with van der Waals surface area (Å²) in [5.74, 6) is 0.0548. The lowest BCUT2D eigenvalue weighted by molar-refractivity contribution is 0.0730. The molecule has 0 radical (unpaired) electrons. The summed E-state index contributed by atoms with van der Waals surface area (Å²) >= 11 is 6.13. The van der Waals surface area contributed by atoms with Gasteiger partial charge in [-0.2, -0.15) is 0 Å². The average molecular weight is 277 g/mol. The van der Waals surface area contributed by atoms with E-state index in [0.29, 0.717) is 16.8 Å². The van der Waals surface area contributed by atoms with Crippen LogP contribution in [-0.4, -0.2) is 28.9 Å². The number of nitrogens with zero attached hydrogens (tertiary/aromatic N) is 1. The lowest BCUT2D eigenvalue weighted by Gasteiger charge is -2.23. The lowest BCUT2D eigenvalue weighted by Crippen LogP contribution is -2.35. The van der Waals surface area contributed by atoms with Gasteiger partial charge in [-0.3, -0.25) is 4.79 Å². The van der Waals surface area contributed by atoms with Crippen molar-refractivity contribution in [1.82, 2.24) is 9.88 Å². The van der Waals surface area contributed by atoms with E-state index in [1.807, 2.05) is 36.2 Å². The van der Waals surface area contributed by atoms with Gasteiger partial charge >= 0.3 is 0 Å². The number of rotatable bonds is 2. The van der Waals surface area contributed by atoms with Crippen molar-refractivity contribution in [1.29, 1.82) is 0 Å². The molecule has 0 bridgehead atoms. The Morgan fingerprint density at radius 3 is 2.79 bits per heavy atom. The summed E-state index contributed by atoms with van der Waals surface area (Å²) in [6, 6.07) is 7.95. The fourth-order valence-electron chi connectivity index (χ4n) is 2.88. The van der Waals surface area contributed by atoms with Crippen LogP contribution < -0.4 is 0 Å². The molecular formula is C15H17ClN2O. The highest BCUT2D eigenvalue weighted by Gasteiger charge is 2.25. The number of amides is 1. The largest absolute Gasteiger partial charge is 0.349 e. The molecular weight excluding hydrogens is 260 g/mol. The third-order valence-corrected chi connectivity index (χ3v) is 4.34. The second-order valence-corrected chi connectivity index (χ2v) is 5.65. The van der Waals surface area contributed by atoms with Crippen molar-refractivity contribution in [3.05, 3.63) is 35.0 Å². The SMILES string of the molecule is CN(C(=O)c1cc2cccc(Cl)c2[nH]1)C1CCCC1. The van der Waals surface area contributed by atoms with E-state index in [2.05, 4.69) is 4.98 Å². The molecule has 1 aliphatic rings. The summed E-state index contributed by atoms with van der Waals surface area (Å²) < 4.78 is 0. The summed E-state index contributed by atoms with van der Waals surface area (Å²) in [7, 11) is 1.89. The number of aromatic amines is 1. The van der Waals surface area contributed by atoms with Crippen molar-refractivity contribution >= 4 is 28.4 Å². The highest BCUT2D eigenvalue weighted by Crippen LogP contribution is 2.26. The molecule has 100 valence electrons. The van der Waals surface area contributed by atoms with Gasteiger partial charge in [-0.25, -0.2) is 0 Å². The maximum Gasteiger partial charge on any atom is 0.270 e. The van der Waals surface area contributed by atoms with Crippen LogP contribution in [0.4, 0.5) is 0 Å². The number of aromatic nitrogens is 1. The predicted octanol–water partition coefficient (Wildman–Crippen LogP) is 3.84. The van der Waals surface area contributed by atoms with Gasteiger partial charge < -0.3 is 9.88 Å². The summed E-state index contributed by atoms with van der Waals surface area (Å²) in [5.41, 5.74) is 1.46. The molecule has 0 saturated heterocycles. The van der Waals surface area contributed by atoms with Gasteiger partial charge in [0, 0.05) is 18.5 Å². The molecule has 1 fully saturated rings. The Kier molecular flexibility index (Phi) is 3.23. The van der Waals surface area contributed by atoms with Crippen LogP contribution in [0.15, 0.2) is 24.3 Å². The van der Waals surface area contributed by atoms with E-state index in [1.54, 1.807) is 0 Å². The molecule has 0 spiro atoms. The Morgan fingerprint density at radius 1 is 1.37 bits per heavy atom. The quantitative estimate of drug-likeness (QED) is 0.889. The minimum absolute atomic E-state index is 0.0548. The molecule has 1 aliphatic carbocycles. The van der Waals surface area contributed by atoms with Crippen LogP contribution in [0.3, 0.4) is 0 Å². The third kappa shape index (κ3) is 2.23. The maximum atomic E-state index is 12.5. The van der Waals surface area contributed by atoms with E-state index in [-0.39, 0.29) is 5.91 Å². The highest BCUT2D eigenvalue weighted by molar-refractivity contribution is 6.35. The summed E-state index contributed by atoms with van der Waals surface area (Å²) in [4.78, 5) is 17.5. The van der Waals surface area contributed by atoms with E-state index >= 15 is 0 Å². The van der Waals surface area contributed by atoms with Crippen molar-refractivity contribution in [2.45, 2.75) is 31.7 Å². The fourth-order valence-corrected chi connectivity index (χ4v) is 3.11. The first-order valence-corrected chi connectivity index (χ1v) is 7.09. The molecule has 1 aromatic heterocycles. The van der Waals surface area contributed by atoms with E-state index in [1.165, 1.54) is 12.8 Å². The molecule has 3 nitrogen and oxygen atoms in total. The molecule has 2 aromatic rings. The van der Waals surface area contributed by atoms with Crippen LogP contribution in [-0.2, 0) is 0 Å². The van der Waals surface area contributed by atoms with Gasteiger partial charge in [-0.05, 0) is 25.0 Å². The van der Waals surface area contributed by atoms with Crippen LogP contribution in [0.2, 0.25) is 5.02 Å². The van der Waals surface area contributed by atoms with Crippen molar-refractivity contribution in [2.24, 2.45) is 0 Å². The molecule has 1 amide bonds. The highest BCUT2D eigenvalue weighted by atomic mass is 35.5. The molecule has 0 aliphatic heterocycles. The molecule has 3 rings (SSSR count). The molecule has 0 atom stereocenters. The molecule has 1 saturated carbocycles. The predicted molar refractivity (Wildman–Crippen MR) is 77.7 cm³/mol. The number of benzene rings is 1. The van der Waals surface area contributed by atoms with Crippen molar-refractivity contribution in [3.63, 3.8) is 0 Å². The number of hydrogen-bond donors (Lipinski definition) is 1. The Labute approximate surface area is 117 Å². The number of fused-ring (bicyclic) bond motifs is 1. The van der Waals surface area contributed by atoms with Gasteiger partial charge in [-0.1, -0.05) is 36.6 Å². The Hall–Kier alpha value is -1.48. The zero-order valence-electron chi connectivity index (χ0n) is 10.9. The lowest BCUT2D eigenvalue weighted by atomic mass is 10.2. The van der Waals surface area contributed by atoms with Crippen LogP contribution in [0.5, 0.6) is 0 Å². The molecule has 1 N–H and O–H groups in total. The maximum absolute atomic E-state index is 12.5. The number of para-hydroxylation sites is 1. The zero-order chi connectivity index (χ0) is 13.4. The van der Waals surface area contributed by atoms with Crippen molar-refractivity contribution in [2.75, 3.05) is 7.05 Å². The number of halogens is 1. The smallest absolute Gasteiger partial charge is 0.270 e. The Bertz CT molecular complexity index is 614. The first kappa shape index (κ1) is 12.5. The van der Waals surface area contributed by atoms with E-state index in [9.17, 15) is 4.79 Å². The van der Waals surface area contributed by atoms with E-state index < -0.39 is 0 Å². The normalized spacial score (nSPS) is 16.1. The van der Waals surface area contributed by atoms with Gasteiger partial charge in [0.15, 0.2) is 0 Å². The standard InChI is InChI=1S/C15H17ClN2O/c1-18(11-6-2-3-7-11)15(19)13-9-10-5-4-8-12(16)14(10)17-13/h4-5,8-9,11,17H,2-3,6-7H2,1H3. The number of nitrogens with one attached hydrogen (secondary N) is 1. The first-order chi connectivity index (χ1) is 9.16. The third-order valence-electron chi connectivity index (χ3n) is 4.03. The Morgan fingerprint density at radius 2 is 2.11 bits per heavy atom. The second kappa shape index (κ2) is 4.89. The van der Waals surface area contributed by atoms with Crippen LogP contribution in [0.1, 0.15) is 36.2 Å². The average Bonchev–Trinajstić information content (AvgIpc) is 3.06. The van der Waals surface area contributed by atoms with Crippen molar-refractivity contribution in [3.8, 4) is 0 Å². The second-order valence-electron chi connectivity index (χ2n) is 5.24. The molecule has 19 heavy (non-hydrogen) atoms. The fraction of sp³-hybridized carbons (Fsp3) is 0.400. The summed E-state index contributed by atoms with van der Waals surface area (Å²) in [6.07, 6.45) is 4.67. The van der Waals surface area contributed by atoms with Gasteiger partial charge in [0.1, 0.15) is 5.69 Å². The van der Waals surface area contributed by atoms with E-state index in [4.69, 9.17) is 11.6 Å². The summed E-state index contributed by atoms with van der Waals surface area (Å²) in [5, 5.41) is 1.63. The number of carbonyl (C=O) groups excluding carboxylic acids is 1. The molecule has 4 heteroatoms. The molecule has 1 aromatic carbocycles. The summed E-state index contributed by atoms with van der Waals surface area (Å²) in [6.45, 7) is 0. The monoisotopic (exact) mass is 276 g/mol. The van der Waals surface area contributed by atoms with Crippen LogP contribution in [0.25, 0.3) is 10.9 Å². The first-order valence-electron chi connectivity index (χ1n) is 6.71. The minimum Gasteiger partial charge on any atom is -0.349 e. The Balaban J connectivity index is 1.90. The number of carbonyl (C=O) groups is 1. The van der Waals surface area contributed by atoms with Gasteiger partial charge in [0.2, 0.25) is 0 Å². The van der Waals surface area contributed by atoms with Crippen LogP contribution >= 0.6 is 11.6 Å². The number of H-pyrrole nitrogens is 1. The topological polar surface area (TPSA) is 36.1 Å². The molecule has 1 heterocycles. The van der Waals surface area contributed by atoms with Crippen LogP contribution in [0, 0.1) is 0 Å².